The van der Waals surface area contributed by atoms with Crippen LogP contribution in [0.25, 0.3) is 0 Å². The Labute approximate surface area is 112 Å². The van der Waals surface area contributed by atoms with E-state index in [-0.39, 0.29) is 0 Å². The molecule has 0 radical (unpaired) electrons. The van der Waals surface area contributed by atoms with Crippen LogP contribution in [0.5, 0.6) is 0 Å². The molecular weight excluding hydrogens is 248 g/mol. The first-order valence-electron chi connectivity index (χ1n) is 6.35. The fraction of sp³-hybridized carbons (Fsp3) is 0.833. The first kappa shape index (κ1) is 13.8. The summed E-state index contributed by atoms with van der Waals surface area (Å²) in [6.45, 7) is 10.1. The quantitative estimate of drug-likeness (QED) is 0.899. The summed E-state index contributed by atoms with van der Waals surface area (Å²) in [5.41, 5.74) is 5.41. The molecular formula is C12H22N4OS. The zero-order chi connectivity index (χ0) is 13.3. The van der Waals surface area contributed by atoms with Gasteiger partial charge in [-0.05, 0) is 20.8 Å². The van der Waals surface area contributed by atoms with Gasteiger partial charge in [0, 0.05) is 23.6 Å². The van der Waals surface area contributed by atoms with Crippen molar-refractivity contribution in [1.29, 1.82) is 0 Å². The fourth-order valence-corrected chi connectivity index (χ4v) is 3.14. The molecule has 1 aromatic rings. The van der Waals surface area contributed by atoms with Crippen LogP contribution in [0.3, 0.4) is 0 Å². The van der Waals surface area contributed by atoms with Gasteiger partial charge in [-0.25, -0.2) is 0 Å². The zero-order valence-corrected chi connectivity index (χ0v) is 12.3. The fourth-order valence-electron chi connectivity index (χ4n) is 1.97. The van der Waals surface area contributed by atoms with Crippen molar-refractivity contribution in [2.75, 3.05) is 12.3 Å². The van der Waals surface area contributed by atoms with E-state index < -0.39 is 5.54 Å². The molecule has 0 aliphatic carbocycles. The maximum Gasteiger partial charge on any atom is 0.240 e. The Morgan fingerprint density at radius 2 is 2.22 bits per heavy atom. The summed E-state index contributed by atoms with van der Waals surface area (Å²) in [6, 6.07) is 0.532. The normalized spacial score (nSPS) is 26.5. The van der Waals surface area contributed by atoms with Crippen molar-refractivity contribution in [3.63, 3.8) is 0 Å². The summed E-state index contributed by atoms with van der Waals surface area (Å²) in [5.74, 6) is 2.40. The number of rotatable bonds is 3. The molecule has 0 amide bonds. The number of nitrogens with two attached hydrogens (primary N) is 1. The van der Waals surface area contributed by atoms with Gasteiger partial charge in [0.2, 0.25) is 5.89 Å². The first-order valence-corrected chi connectivity index (χ1v) is 7.40. The molecule has 2 heterocycles. The van der Waals surface area contributed by atoms with Gasteiger partial charge in [-0.2, -0.15) is 16.7 Å². The van der Waals surface area contributed by atoms with Crippen LogP contribution in [0.1, 0.15) is 39.4 Å². The lowest BCUT2D eigenvalue weighted by Gasteiger charge is -2.36. The van der Waals surface area contributed by atoms with E-state index in [2.05, 4.69) is 28.9 Å². The third-order valence-electron chi connectivity index (χ3n) is 3.40. The van der Waals surface area contributed by atoms with E-state index in [4.69, 9.17) is 10.3 Å². The standard InChI is InChI=1S/C12H22N4OS/c1-8-9(2)18-6-5-16(8)7-10-14-11(15-17-10)12(3,4)13/h8-9H,5-7,13H2,1-4H3. The Morgan fingerprint density at radius 3 is 2.83 bits per heavy atom. The SMILES string of the molecule is CC1SCCN(Cc2nc(C(C)(C)N)no2)C1C. The second-order valence-electron chi connectivity index (χ2n) is 5.52. The number of hydrogen-bond acceptors (Lipinski definition) is 6. The first-order chi connectivity index (χ1) is 8.38. The van der Waals surface area contributed by atoms with Crippen molar-refractivity contribution in [2.24, 2.45) is 5.73 Å². The van der Waals surface area contributed by atoms with Crippen molar-refractivity contribution < 1.29 is 4.52 Å². The van der Waals surface area contributed by atoms with Crippen LogP contribution < -0.4 is 5.73 Å². The van der Waals surface area contributed by atoms with Crippen molar-refractivity contribution >= 4 is 11.8 Å². The minimum atomic E-state index is -0.543. The van der Waals surface area contributed by atoms with Gasteiger partial charge >= 0.3 is 0 Å². The van der Waals surface area contributed by atoms with Crippen molar-refractivity contribution in [3.8, 4) is 0 Å². The van der Waals surface area contributed by atoms with Crippen LogP contribution >= 0.6 is 11.8 Å². The van der Waals surface area contributed by atoms with Gasteiger partial charge in [0.25, 0.3) is 0 Å². The largest absolute Gasteiger partial charge is 0.338 e. The third kappa shape index (κ3) is 3.05. The molecule has 1 aliphatic rings. The molecule has 0 bridgehead atoms. The molecule has 6 heteroatoms. The molecule has 5 nitrogen and oxygen atoms in total. The third-order valence-corrected chi connectivity index (χ3v) is 4.74. The van der Waals surface area contributed by atoms with Crippen LogP contribution in [0, 0.1) is 0 Å². The molecule has 2 rings (SSSR count). The Morgan fingerprint density at radius 1 is 1.50 bits per heavy atom. The average molecular weight is 270 g/mol. The Balaban J connectivity index is 2.03. The molecule has 1 saturated heterocycles. The summed E-state index contributed by atoms with van der Waals surface area (Å²) in [4.78, 5) is 6.77. The van der Waals surface area contributed by atoms with Gasteiger partial charge in [0.1, 0.15) is 0 Å². The second kappa shape index (κ2) is 5.19. The van der Waals surface area contributed by atoms with Crippen LogP contribution in [-0.4, -0.2) is 38.6 Å². The highest BCUT2D eigenvalue weighted by atomic mass is 32.2. The maximum atomic E-state index is 5.95. The van der Waals surface area contributed by atoms with E-state index in [1.807, 2.05) is 25.6 Å². The predicted octanol–water partition coefficient (Wildman–Crippen LogP) is 1.59. The van der Waals surface area contributed by atoms with Crippen LogP contribution in [0.4, 0.5) is 0 Å². The average Bonchev–Trinajstić information content (AvgIpc) is 2.73. The molecule has 0 aromatic carbocycles. The highest BCUT2D eigenvalue weighted by Gasteiger charge is 2.27. The van der Waals surface area contributed by atoms with E-state index in [1.165, 1.54) is 0 Å². The molecule has 1 aromatic heterocycles. The van der Waals surface area contributed by atoms with E-state index in [9.17, 15) is 0 Å². The number of aromatic nitrogens is 2. The van der Waals surface area contributed by atoms with E-state index in [0.29, 0.717) is 23.0 Å². The predicted molar refractivity (Wildman–Crippen MR) is 73.3 cm³/mol. The number of thioether (sulfide) groups is 1. The van der Waals surface area contributed by atoms with Gasteiger partial charge in [-0.15, -0.1) is 0 Å². The van der Waals surface area contributed by atoms with E-state index in [1.54, 1.807) is 0 Å². The molecule has 2 unspecified atom stereocenters. The summed E-state index contributed by atoms with van der Waals surface area (Å²) in [7, 11) is 0. The molecule has 0 spiro atoms. The van der Waals surface area contributed by atoms with Gasteiger partial charge in [0.15, 0.2) is 5.82 Å². The van der Waals surface area contributed by atoms with Gasteiger partial charge < -0.3 is 10.3 Å². The van der Waals surface area contributed by atoms with Crippen molar-refractivity contribution in [3.05, 3.63) is 11.7 Å². The highest BCUT2D eigenvalue weighted by molar-refractivity contribution is 8.00. The van der Waals surface area contributed by atoms with E-state index in [0.717, 1.165) is 18.8 Å². The monoisotopic (exact) mass is 270 g/mol. The van der Waals surface area contributed by atoms with Crippen LogP contribution in [0.2, 0.25) is 0 Å². The molecule has 102 valence electrons. The second-order valence-corrected chi connectivity index (χ2v) is 7.01. The molecule has 1 fully saturated rings. The molecule has 2 N–H and O–H groups in total. The van der Waals surface area contributed by atoms with Gasteiger partial charge in [0.05, 0.1) is 12.1 Å². The van der Waals surface area contributed by atoms with Crippen LogP contribution in [-0.2, 0) is 12.1 Å². The Kier molecular flexibility index (Phi) is 3.99. The highest BCUT2D eigenvalue weighted by Crippen LogP contribution is 2.25. The van der Waals surface area contributed by atoms with Gasteiger partial charge in [-0.1, -0.05) is 12.1 Å². The molecule has 0 saturated carbocycles. The minimum Gasteiger partial charge on any atom is -0.338 e. The summed E-state index contributed by atoms with van der Waals surface area (Å²) in [5, 5.41) is 4.60. The van der Waals surface area contributed by atoms with Crippen LogP contribution in [0.15, 0.2) is 4.52 Å². The lowest BCUT2D eigenvalue weighted by molar-refractivity contribution is 0.178. The minimum absolute atomic E-state index is 0.532. The molecule has 2 atom stereocenters. The smallest absolute Gasteiger partial charge is 0.240 e. The maximum absolute atomic E-state index is 5.95. The number of nitrogens with zero attached hydrogens (tertiary/aromatic N) is 3. The molecule has 1 aliphatic heterocycles. The molecule has 18 heavy (non-hydrogen) atoms. The van der Waals surface area contributed by atoms with E-state index >= 15 is 0 Å². The lowest BCUT2D eigenvalue weighted by atomic mass is 10.1. The number of hydrogen-bond donors (Lipinski definition) is 1. The Hall–Kier alpha value is -0.590. The van der Waals surface area contributed by atoms with Gasteiger partial charge in [-0.3, -0.25) is 4.90 Å². The Bertz CT molecular complexity index is 401. The topological polar surface area (TPSA) is 68.2 Å². The van der Waals surface area contributed by atoms with Crippen molar-refractivity contribution in [2.45, 2.75) is 51.1 Å². The van der Waals surface area contributed by atoms with Crippen molar-refractivity contribution in [1.82, 2.24) is 15.0 Å². The summed E-state index contributed by atoms with van der Waals surface area (Å²) >= 11 is 2.02. The summed E-state index contributed by atoms with van der Waals surface area (Å²) in [6.07, 6.45) is 0. The zero-order valence-electron chi connectivity index (χ0n) is 11.5. The lowest BCUT2D eigenvalue weighted by Crippen LogP contribution is -2.44. The summed E-state index contributed by atoms with van der Waals surface area (Å²) < 4.78 is 5.29.